The summed E-state index contributed by atoms with van der Waals surface area (Å²) in [4.78, 5) is 25.0. The second-order valence-corrected chi connectivity index (χ2v) is 6.39. The van der Waals surface area contributed by atoms with Crippen molar-refractivity contribution < 1.29 is 14.3 Å². The molecule has 0 aromatic heterocycles. The molecule has 2 N–H and O–H groups in total. The van der Waals surface area contributed by atoms with E-state index >= 15 is 0 Å². The normalized spacial score (nSPS) is 19.5. The number of Topliss-reactive ketones (excluding diaryl/α,β-unsaturated/α-hetero) is 1. The zero-order chi connectivity index (χ0) is 18.7. The Morgan fingerprint density at radius 2 is 1.81 bits per heavy atom. The first kappa shape index (κ1) is 18.0. The Bertz CT molecular complexity index is 831. The number of ketones is 1. The third kappa shape index (κ3) is 3.73. The number of benzene rings is 2. The fraction of sp³-hybridized carbons (Fsp3) is 0.200. The number of halogens is 1. The molecule has 2 aromatic rings. The van der Waals surface area contributed by atoms with Gasteiger partial charge in [-0.25, -0.2) is 4.79 Å². The van der Waals surface area contributed by atoms with Crippen molar-refractivity contribution in [1.29, 1.82) is 0 Å². The molecular weight excluding hydrogens is 352 g/mol. The van der Waals surface area contributed by atoms with Gasteiger partial charge < -0.3 is 15.4 Å². The summed E-state index contributed by atoms with van der Waals surface area (Å²) in [7, 11) is 0. The van der Waals surface area contributed by atoms with E-state index in [-0.39, 0.29) is 11.8 Å². The van der Waals surface area contributed by atoms with Crippen molar-refractivity contribution in [1.82, 2.24) is 10.6 Å². The van der Waals surface area contributed by atoms with Crippen LogP contribution in [0.4, 0.5) is 4.79 Å². The fourth-order valence-corrected chi connectivity index (χ4v) is 3.13. The van der Waals surface area contributed by atoms with Crippen molar-refractivity contribution in [3.63, 3.8) is 0 Å². The van der Waals surface area contributed by atoms with Crippen molar-refractivity contribution >= 4 is 23.4 Å². The topological polar surface area (TPSA) is 67.4 Å². The SMILES string of the molecule is C=C1NC(=O)N[C@H](c2ccc(OCC)cc2)[C@H]1C(=O)c1ccc(Cl)cc1. The summed E-state index contributed by atoms with van der Waals surface area (Å²) >= 11 is 5.90. The van der Waals surface area contributed by atoms with Gasteiger partial charge in [-0.2, -0.15) is 0 Å². The Kier molecular flexibility index (Phi) is 5.28. The Hall–Kier alpha value is -2.79. The predicted octanol–water partition coefficient (Wildman–Crippen LogP) is 4.11. The molecule has 0 spiro atoms. The number of carbonyl (C=O) groups excluding carboxylic acids is 2. The molecule has 26 heavy (non-hydrogen) atoms. The minimum atomic E-state index is -0.633. The van der Waals surface area contributed by atoms with Gasteiger partial charge in [-0.1, -0.05) is 30.3 Å². The van der Waals surface area contributed by atoms with E-state index in [1.807, 2.05) is 31.2 Å². The summed E-state index contributed by atoms with van der Waals surface area (Å²) in [5, 5.41) is 5.99. The molecule has 5 nitrogen and oxygen atoms in total. The lowest BCUT2D eigenvalue weighted by molar-refractivity contribution is 0.0905. The monoisotopic (exact) mass is 370 g/mol. The highest BCUT2D eigenvalue weighted by Gasteiger charge is 2.38. The van der Waals surface area contributed by atoms with Crippen molar-refractivity contribution in [2.45, 2.75) is 13.0 Å². The van der Waals surface area contributed by atoms with E-state index in [0.717, 1.165) is 11.3 Å². The molecule has 0 radical (unpaired) electrons. The predicted molar refractivity (Wildman–Crippen MR) is 100 cm³/mol. The van der Waals surface area contributed by atoms with Gasteiger partial charge in [0.2, 0.25) is 0 Å². The Labute approximate surface area is 157 Å². The van der Waals surface area contributed by atoms with Gasteiger partial charge in [0.05, 0.1) is 18.6 Å². The maximum absolute atomic E-state index is 13.1. The van der Waals surface area contributed by atoms with Gasteiger partial charge in [0, 0.05) is 16.3 Å². The summed E-state index contributed by atoms with van der Waals surface area (Å²) in [5.74, 6) is -0.0409. The largest absolute Gasteiger partial charge is 0.494 e. The van der Waals surface area contributed by atoms with E-state index in [1.54, 1.807) is 24.3 Å². The Balaban J connectivity index is 1.93. The molecule has 1 aliphatic heterocycles. The van der Waals surface area contributed by atoms with Crippen molar-refractivity contribution in [3.8, 4) is 5.75 Å². The van der Waals surface area contributed by atoms with E-state index in [1.165, 1.54) is 0 Å². The number of hydrogen-bond donors (Lipinski definition) is 2. The maximum atomic E-state index is 13.1. The molecule has 1 saturated heterocycles. The number of amides is 2. The summed E-state index contributed by atoms with van der Waals surface area (Å²) in [6.07, 6.45) is 0. The van der Waals surface area contributed by atoms with Gasteiger partial charge in [0.1, 0.15) is 5.75 Å². The number of carbonyl (C=O) groups is 2. The van der Waals surface area contributed by atoms with E-state index in [4.69, 9.17) is 16.3 Å². The van der Waals surface area contributed by atoms with E-state index in [2.05, 4.69) is 17.2 Å². The molecule has 0 aliphatic carbocycles. The lowest BCUT2D eigenvalue weighted by Crippen LogP contribution is -2.50. The summed E-state index contributed by atoms with van der Waals surface area (Å²) in [5.41, 5.74) is 1.68. The first-order valence-electron chi connectivity index (χ1n) is 8.28. The number of hydrogen-bond acceptors (Lipinski definition) is 3. The molecular formula is C20H19ClN2O3. The molecule has 3 rings (SSSR count). The molecule has 2 amide bonds. The van der Waals surface area contributed by atoms with Crippen LogP contribution in [0.1, 0.15) is 28.9 Å². The second kappa shape index (κ2) is 7.62. The highest BCUT2D eigenvalue weighted by molar-refractivity contribution is 6.30. The first-order chi connectivity index (χ1) is 12.5. The van der Waals surface area contributed by atoms with Gasteiger partial charge in [-0.3, -0.25) is 4.79 Å². The lowest BCUT2D eigenvalue weighted by Gasteiger charge is -2.34. The third-order valence-corrected chi connectivity index (χ3v) is 4.48. The van der Waals surface area contributed by atoms with Crippen LogP contribution in [0.5, 0.6) is 5.75 Å². The third-order valence-electron chi connectivity index (χ3n) is 4.23. The lowest BCUT2D eigenvalue weighted by atomic mass is 9.83. The number of urea groups is 1. The molecule has 1 heterocycles. The molecule has 1 fully saturated rings. The molecule has 2 atom stereocenters. The van der Waals surface area contributed by atoms with Crippen LogP contribution in [0.25, 0.3) is 0 Å². The van der Waals surface area contributed by atoms with Crippen molar-refractivity contribution in [2.24, 2.45) is 5.92 Å². The van der Waals surface area contributed by atoms with Crippen LogP contribution in [0.3, 0.4) is 0 Å². The minimum Gasteiger partial charge on any atom is -0.494 e. The Morgan fingerprint density at radius 1 is 1.15 bits per heavy atom. The average molecular weight is 371 g/mol. The summed E-state index contributed by atoms with van der Waals surface area (Å²) in [6.45, 7) is 6.37. The van der Waals surface area contributed by atoms with Crippen LogP contribution in [0.2, 0.25) is 5.02 Å². The Morgan fingerprint density at radius 3 is 2.42 bits per heavy atom. The minimum absolute atomic E-state index is 0.141. The van der Waals surface area contributed by atoms with Crippen LogP contribution in [-0.4, -0.2) is 18.4 Å². The fourth-order valence-electron chi connectivity index (χ4n) is 3.00. The smallest absolute Gasteiger partial charge is 0.319 e. The molecule has 0 unspecified atom stereocenters. The highest BCUT2D eigenvalue weighted by atomic mass is 35.5. The van der Waals surface area contributed by atoms with Crippen LogP contribution < -0.4 is 15.4 Å². The van der Waals surface area contributed by atoms with Gasteiger partial charge in [-0.05, 0) is 48.9 Å². The first-order valence-corrected chi connectivity index (χ1v) is 8.66. The second-order valence-electron chi connectivity index (χ2n) is 5.95. The van der Waals surface area contributed by atoms with E-state index in [9.17, 15) is 9.59 Å². The van der Waals surface area contributed by atoms with Crippen LogP contribution in [-0.2, 0) is 0 Å². The highest BCUT2D eigenvalue weighted by Crippen LogP contribution is 2.33. The molecule has 134 valence electrons. The van der Waals surface area contributed by atoms with Gasteiger partial charge in [0.15, 0.2) is 5.78 Å². The van der Waals surface area contributed by atoms with Crippen molar-refractivity contribution in [3.05, 3.63) is 77.0 Å². The summed E-state index contributed by atoms with van der Waals surface area (Å²) < 4.78 is 5.45. The van der Waals surface area contributed by atoms with Crippen LogP contribution >= 0.6 is 11.6 Å². The zero-order valence-electron chi connectivity index (χ0n) is 14.3. The quantitative estimate of drug-likeness (QED) is 0.778. The number of nitrogens with one attached hydrogen (secondary N) is 2. The van der Waals surface area contributed by atoms with Gasteiger partial charge in [-0.15, -0.1) is 0 Å². The average Bonchev–Trinajstić information content (AvgIpc) is 2.62. The van der Waals surface area contributed by atoms with E-state index in [0.29, 0.717) is 22.9 Å². The number of rotatable bonds is 5. The molecule has 0 saturated carbocycles. The van der Waals surface area contributed by atoms with Crippen LogP contribution in [0.15, 0.2) is 60.8 Å². The van der Waals surface area contributed by atoms with Gasteiger partial charge in [0.25, 0.3) is 0 Å². The van der Waals surface area contributed by atoms with E-state index < -0.39 is 12.0 Å². The van der Waals surface area contributed by atoms with Gasteiger partial charge >= 0.3 is 6.03 Å². The van der Waals surface area contributed by atoms with Crippen LogP contribution in [0, 0.1) is 5.92 Å². The number of ether oxygens (including phenoxy) is 1. The summed E-state index contributed by atoms with van der Waals surface area (Å²) in [6, 6.07) is 13.1. The molecule has 2 aromatic carbocycles. The van der Waals surface area contributed by atoms with Crippen molar-refractivity contribution in [2.75, 3.05) is 6.61 Å². The standard InChI is InChI=1S/C20H19ClN2O3/c1-3-26-16-10-6-13(7-11-16)18-17(12(2)22-20(25)23-18)19(24)14-4-8-15(21)9-5-14/h4-11,17-18H,2-3H2,1H3,(H2,22,23,25)/t17-,18+/m0/s1. The molecule has 1 aliphatic rings. The maximum Gasteiger partial charge on any atom is 0.319 e. The molecule has 0 bridgehead atoms. The zero-order valence-corrected chi connectivity index (χ0v) is 15.0. The molecule has 6 heteroatoms.